The molecule has 0 radical (unpaired) electrons. The summed E-state index contributed by atoms with van der Waals surface area (Å²) in [6, 6.07) is 14.6. The van der Waals surface area contributed by atoms with E-state index >= 15 is 0 Å². The van der Waals surface area contributed by atoms with E-state index in [1.165, 1.54) is 86.7 Å². The number of hydrogen-bond donors (Lipinski definition) is 0. The summed E-state index contributed by atoms with van der Waals surface area (Å²) >= 11 is 0. The Hall–Kier alpha value is -0.0725. The summed E-state index contributed by atoms with van der Waals surface area (Å²) in [7, 11) is -6.63. The number of aryl methyl sites for hydroxylation is 2. The quantitative estimate of drug-likeness (QED) is 0.133. The summed E-state index contributed by atoms with van der Waals surface area (Å²) in [5.74, 6) is 1.74. The minimum absolute atomic E-state index is 0.602. The lowest BCUT2D eigenvalue weighted by molar-refractivity contribution is 0.354. The molecule has 238 valence electrons. The fraction of sp³-hybridized carbons (Fsp3) is 0.824. The standard InChI is InChI=1S/C34H62O4Si4/c1-39(2,37-41(5,6)23-19-29-13-15-31-33(25-29)35-31)21-17-27-9-11-28(12-10-27)18-22-40(3,4)38-42(7,8)24-20-30-14-16-32-34(26-30)36-32/h9-12,29-34H,13-26H2,1-8H3. The molecule has 0 aromatic heterocycles. The SMILES string of the molecule is C[Si](C)(CCc1ccc(CC[Si](C)(C)O[Si](C)(C)CCC2CCC3OC3C2)cc1)O[Si](C)(C)CCC1CCC2OC2C1. The van der Waals surface area contributed by atoms with Crippen molar-refractivity contribution in [3.05, 3.63) is 35.4 Å². The zero-order valence-corrected chi connectivity index (χ0v) is 32.3. The second-order valence-electron chi connectivity index (χ2n) is 16.9. The van der Waals surface area contributed by atoms with Gasteiger partial charge in [0, 0.05) is 0 Å². The third-order valence-electron chi connectivity index (χ3n) is 10.7. The lowest BCUT2D eigenvalue weighted by atomic mass is 9.88. The molecule has 2 saturated heterocycles. The highest BCUT2D eigenvalue weighted by Crippen LogP contribution is 2.43. The van der Waals surface area contributed by atoms with Crippen molar-refractivity contribution >= 4 is 33.3 Å². The Balaban J connectivity index is 0.997. The minimum Gasteiger partial charge on any atom is -0.455 e. The van der Waals surface area contributed by atoms with E-state index in [1.807, 2.05) is 0 Å². The molecule has 0 amide bonds. The maximum absolute atomic E-state index is 7.01. The van der Waals surface area contributed by atoms with Crippen molar-refractivity contribution in [1.29, 1.82) is 0 Å². The van der Waals surface area contributed by atoms with E-state index in [1.54, 1.807) is 0 Å². The van der Waals surface area contributed by atoms with Crippen LogP contribution in [0.4, 0.5) is 0 Å². The van der Waals surface area contributed by atoms with Gasteiger partial charge in [-0.15, -0.1) is 0 Å². The van der Waals surface area contributed by atoms with E-state index in [2.05, 4.69) is 76.6 Å². The van der Waals surface area contributed by atoms with Crippen LogP contribution in [0.1, 0.15) is 62.5 Å². The molecule has 5 rings (SSSR count). The van der Waals surface area contributed by atoms with E-state index < -0.39 is 33.3 Å². The zero-order valence-electron chi connectivity index (χ0n) is 28.3. The molecular weight excluding hydrogens is 585 g/mol. The van der Waals surface area contributed by atoms with Crippen LogP contribution in [-0.4, -0.2) is 57.7 Å². The van der Waals surface area contributed by atoms with E-state index in [0.29, 0.717) is 24.4 Å². The maximum Gasteiger partial charge on any atom is 0.173 e. The van der Waals surface area contributed by atoms with Crippen LogP contribution in [0, 0.1) is 11.8 Å². The zero-order chi connectivity index (χ0) is 30.2. The monoisotopic (exact) mass is 646 g/mol. The molecule has 6 unspecified atom stereocenters. The van der Waals surface area contributed by atoms with Gasteiger partial charge in [-0.2, -0.15) is 0 Å². The largest absolute Gasteiger partial charge is 0.455 e. The molecule has 1 aromatic carbocycles. The summed E-state index contributed by atoms with van der Waals surface area (Å²) in [6.45, 7) is 19.6. The van der Waals surface area contributed by atoms with E-state index in [9.17, 15) is 0 Å². The molecule has 2 aliphatic carbocycles. The van der Waals surface area contributed by atoms with Crippen LogP contribution in [0.15, 0.2) is 24.3 Å². The summed E-state index contributed by atoms with van der Waals surface area (Å²) < 4.78 is 25.5. The molecule has 0 bridgehead atoms. The van der Waals surface area contributed by atoms with Gasteiger partial charge in [0.15, 0.2) is 33.3 Å². The van der Waals surface area contributed by atoms with Gasteiger partial charge in [0.05, 0.1) is 24.4 Å². The van der Waals surface area contributed by atoms with Crippen LogP contribution in [0.3, 0.4) is 0 Å². The molecule has 4 aliphatic rings. The molecule has 6 atom stereocenters. The first kappa shape index (κ1) is 33.3. The molecule has 0 N–H and O–H groups in total. The van der Waals surface area contributed by atoms with Gasteiger partial charge in [-0.25, -0.2) is 0 Å². The van der Waals surface area contributed by atoms with E-state index in [-0.39, 0.29) is 0 Å². The number of rotatable bonds is 16. The normalized spacial score (nSPS) is 29.6. The highest BCUT2D eigenvalue weighted by atomic mass is 28.4. The first-order chi connectivity index (χ1) is 19.7. The van der Waals surface area contributed by atoms with Gasteiger partial charge in [-0.3, -0.25) is 0 Å². The van der Waals surface area contributed by atoms with Crippen molar-refractivity contribution in [2.45, 2.75) is 165 Å². The van der Waals surface area contributed by atoms with Gasteiger partial charge in [0.25, 0.3) is 0 Å². The highest BCUT2D eigenvalue weighted by molar-refractivity contribution is 6.85. The highest BCUT2D eigenvalue weighted by Gasteiger charge is 2.45. The molecule has 1 aromatic rings. The fourth-order valence-electron chi connectivity index (χ4n) is 8.06. The Morgan fingerprint density at radius 3 is 1.24 bits per heavy atom. The van der Waals surface area contributed by atoms with Gasteiger partial charge in [0.2, 0.25) is 0 Å². The van der Waals surface area contributed by atoms with Crippen LogP contribution >= 0.6 is 0 Å². The molecule has 2 aliphatic heterocycles. The average Bonchev–Trinajstić information content (AvgIpc) is 3.82. The van der Waals surface area contributed by atoms with Crippen LogP contribution < -0.4 is 0 Å². The maximum atomic E-state index is 7.01. The van der Waals surface area contributed by atoms with Crippen molar-refractivity contribution in [3.63, 3.8) is 0 Å². The molecule has 0 spiro atoms. The van der Waals surface area contributed by atoms with Crippen LogP contribution in [0.2, 0.25) is 76.6 Å². The van der Waals surface area contributed by atoms with Gasteiger partial charge in [-0.05, 0) is 151 Å². The molecule has 2 saturated carbocycles. The van der Waals surface area contributed by atoms with Crippen molar-refractivity contribution < 1.29 is 17.7 Å². The third-order valence-corrected chi connectivity index (χ3v) is 25.4. The predicted molar refractivity (Wildman–Crippen MR) is 186 cm³/mol. The minimum atomic E-state index is -1.69. The Morgan fingerprint density at radius 2 is 0.881 bits per heavy atom. The van der Waals surface area contributed by atoms with Crippen LogP contribution in [0.5, 0.6) is 0 Å². The number of epoxide rings is 2. The van der Waals surface area contributed by atoms with Crippen LogP contribution in [0.25, 0.3) is 0 Å². The average molecular weight is 647 g/mol. The fourth-order valence-corrected chi connectivity index (χ4v) is 25.7. The van der Waals surface area contributed by atoms with Crippen LogP contribution in [-0.2, 0) is 30.5 Å². The number of fused-ring (bicyclic) bond motifs is 2. The Bertz CT molecular complexity index is 946. The van der Waals surface area contributed by atoms with Gasteiger partial charge >= 0.3 is 0 Å². The van der Waals surface area contributed by atoms with Gasteiger partial charge in [0.1, 0.15) is 0 Å². The molecule has 4 nitrogen and oxygen atoms in total. The summed E-state index contributed by atoms with van der Waals surface area (Å²) in [4.78, 5) is 0. The number of hydrogen-bond acceptors (Lipinski definition) is 4. The van der Waals surface area contributed by atoms with Gasteiger partial charge < -0.3 is 17.7 Å². The van der Waals surface area contributed by atoms with Crippen molar-refractivity contribution in [3.8, 4) is 0 Å². The molecule has 4 fully saturated rings. The first-order valence-electron chi connectivity index (χ1n) is 17.5. The Labute approximate surface area is 262 Å². The van der Waals surface area contributed by atoms with Crippen molar-refractivity contribution in [1.82, 2.24) is 0 Å². The molecule has 8 heteroatoms. The van der Waals surface area contributed by atoms with E-state index in [4.69, 9.17) is 17.7 Å². The molecule has 42 heavy (non-hydrogen) atoms. The second kappa shape index (κ2) is 13.3. The lowest BCUT2D eigenvalue weighted by Crippen LogP contribution is -2.44. The Morgan fingerprint density at radius 1 is 0.524 bits per heavy atom. The summed E-state index contributed by atoms with van der Waals surface area (Å²) in [5, 5.41) is 0. The lowest BCUT2D eigenvalue weighted by Gasteiger charge is -2.35. The predicted octanol–water partition coefficient (Wildman–Crippen LogP) is 9.54. The molecule has 2 heterocycles. The smallest absolute Gasteiger partial charge is 0.173 e. The third kappa shape index (κ3) is 10.5. The first-order valence-corrected chi connectivity index (χ1v) is 29.9. The number of benzene rings is 1. The van der Waals surface area contributed by atoms with Gasteiger partial charge in [-0.1, -0.05) is 37.1 Å². The topological polar surface area (TPSA) is 43.5 Å². The Kier molecular flexibility index (Phi) is 10.6. The van der Waals surface area contributed by atoms with Crippen molar-refractivity contribution in [2.24, 2.45) is 11.8 Å². The van der Waals surface area contributed by atoms with E-state index in [0.717, 1.165) is 24.7 Å². The number of ether oxygens (including phenoxy) is 2. The summed E-state index contributed by atoms with van der Waals surface area (Å²) in [5.41, 5.74) is 2.94. The molecular formula is C34H62O4Si4. The summed E-state index contributed by atoms with van der Waals surface area (Å²) in [6.07, 6.45) is 15.3. The second-order valence-corrected chi connectivity index (χ2v) is 34.6. The van der Waals surface area contributed by atoms with Crippen molar-refractivity contribution in [2.75, 3.05) is 0 Å².